The number of methoxy groups -OCH3 is 1. The molecule has 0 aliphatic rings. The zero-order valence-electron chi connectivity index (χ0n) is 19.6. The van der Waals surface area contributed by atoms with Gasteiger partial charge < -0.3 is 25.3 Å². The van der Waals surface area contributed by atoms with Crippen LogP contribution in [0.2, 0.25) is 0 Å². The van der Waals surface area contributed by atoms with Crippen molar-refractivity contribution in [3.8, 4) is 28.8 Å². The van der Waals surface area contributed by atoms with Gasteiger partial charge in [0.1, 0.15) is 12.0 Å². The molecule has 12 nitrogen and oxygen atoms in total. The number of pyridine rings is 1. The molecule has 3 N–H and O–H groups in total. The maximum atomic E-state index is 11.6. The summed E-state index contributed by atoms with van der Waals surface area (Å²) in [4.78, 5) is 28.9. The van der Waals surface area contributed by atoms with Gasteiger partial charge in [-0.25, -0.2) is 14.8 Å². The third-order valence-electron chi connectivity index (χ3n) is 4.82. The normalized spacial score (nSPS) is 11.0. The number of benzene rings is 1. The van der Waals surface area contributed by atoms with E-state index in [0.717, 1.165) is 0 Å². The van der Waals surface area contributed by atoms with Crippen molar-refractivity contribution in [1.82, 2.24) is 35.0 Å². The Morgan fingerprint density at radius 2 is 2.03 bits per heavy atom. The van der Waals surface area contributed by atoms with Crippen molar-refractivity contribution >= 4 is 22.9 Å². The Morgan fingerprint density at radius 1 is 1.17 bits per heavy atom. The van der Waals surface area contributed by atoms with Crippen LogP contribution >= 0.6 is 0 Å². The number of nitrogen functional groups attached to an aromatic ring is 1. The Kier molecular flexibility index (Phi) is 7.19. The topological polar surface area (TPSA) is 152 Å². The molecule has 0 unspecified atom stereocenters. The van der Waals surface area contributed by atoms with Gasteiger partial charge in [0.2, 0.25) is 11.8 Å². The lowest BCUT2D eigenvalue weighted by Crippen LogP contribution is -2.28. The molecule has 0 saturated heterocycles. The van der Waals surface area contributed by atoms with Gasteiger partial charge >= 0.3 is 6.09 Å². The Bertz CT molecular complexity index is 1310. The molecule has 1 amide bonds. The molecule has 0 radical (unpaired) electrons. The van der Waals surface area contributed by atoms with Crippen LogP contribution in [0.5, 0.6) is 11.5 Å². The molecule has 3 heterocycles. The van der Waals surface area contributed by atoms with Gasteiger partial charge in [-0.2, -0.15) is 9.67 Å². The summed E-state index contributed by atoms with van der Waals surface area (Å²) in [6.45, 7) is 4.32. The molecule has 0 spiro atoms. The summed E-state index contributed by atoms with van der Waals surface area (Å²) >= 11 is 0. The molecule has 3 aromatic heterocycles. The predicted octanol–water partition coefficient (Wildman–Crippen LogP) is 2.77. The second-order valence-corrected chi connectivity index (χ2v) is 7.72. The second kappa shape index (κ2) is 10.6. The number of amides is 1. The maximum absolute atomic E-state index is 11.6. The number of carbonyl (C=O) groups is 1. The maximum Gasteiger partial charge on any atom is 0.407 e. The van der Waals surface area contributed by atoms with Crippen LogP contribution in [-0.2, 0) is 4.74 Å². The Hall–Kier alpha value is -4.48. The van der Waals surface area contributed by atoms with Crippen molar-refractivity contribution < 1.29 is 19.0 Å². The monoisotopic (exact) mass is 478 g/mol. The molecule has 12 heteroatoms. The molecule has 0 aliphatic heterocycles. The fraction of sp³-hybridized carbons (Fsp3) is 0.304. The van der Waals surface area contributed by atoms with Gasteiger partial charge in [0.15, 0.2) is 17.3 Å². The summed E-state index contributed by atoms with van der Waals surface area (Å²) in [5.74, 6) is 1.97. The lowest BCUT2D eigenvalue weighted by molar-refractivity contribution is 0.115. The Balaban J connectivity index is 1.56. The number of hydrogen-bond acceptors (Lipinski definition) is 10. The van der Waals surface area contributed by atoms with E-state index in [2.05, 4.69) is 30.4 Å². The minimum Gasteiger partial charge on any atom is -0.493 e. The fourth-order valence-corrected chi connectivity index (χ4v) is 3.28. The van der Waals surface area contributed by atoms with Crippen molar-refractivity contribution in [3.63, 3.8) is 0 Å². The summed E-state index contributed by atoms with van der Waals surface area (Å²) in [6.07, 6.45) is 3.01. The minimum absolute atomic E-state index is 0.156. The lowest BCUT2D eigenvalue weighted by atomic mass is 10.2. The number of nitrogens with zero attached hydrogens (tertiary/aromatic N) is 6. The van der Waals surface area contributed by atoms with Gasteiger partial charge in [-0.3, -0.25) is 4.98 Å². The molecule has 0 atom stereocenters. The fourth-order valence-electron chi connectivity index (χ4n) is 3.28. The van der Waals surface area contributed by atoms with Crippen LogP contribution in [0.15, 0.2) is 42.9 Å². The van der Waals surface area contributed by atoms with Crippen LogP contribution < -0.4 is 20.5 Å². The van der Waals surface area contributed by atoms with E-state index < -0.39 is 6.09 Å². The highest BCUT2D eigenvalue weighted by Crippen LogP contribution is 2.34. The standard InChI is InChI=1S/C23H26N8O4/c1-14(2)35-23(32)26-9-6-10-34-19-11-15-17(12-18(19)33-3)27-13-28-21(15)31-22(24)29-20(30-31)16-7-4-5-8-25-16/h4-5,7-8,11-14H,6,9-10H2,1-3H3,(H,26,32)(H2,24,29,30). The molecule has 0 saturated carbocycles. The van der Waals surface area contributed by atoms with Crippen LogP contribution in [0.3, 0.4) is 0 Å². The van der Waals surface area contributed by atoms with E-state index in [1.54, 1.807) is 45.4 Å². The smallest absolute Gasteiger partial charge is 0.407 e. The predicted molar refractivity (Wildman–Crippen MR) is 128 cm³/mol. The number of nitrogens with two attached hydrogens (primary N) is 1. The van der Waals surface area contributed by atoms with E-state index in [1.165, 1.54) is 11.0 Å². The Morgan fingerprint density at radius 3 is 2.77 bits per heavy atom. The summed E-state index contributed by atoms with van der Waals surface area (Å²) in [7, 11) is 1.55. The first-order valence-electron chi connectivity index (χ1n) is 11.0. The lowest BCUT2D eigenvalue weighted by Gasteiger charge is -2.14. The van der Waals surface area contributed by atoms with E-state index >= 15 is 0 Å². The zero-order valence-corrected chi connectivity index (χ0v) is 19.6. The number of fused-ring (bicyclic) bond motifs is 1. The van der Waals surface area contributed by atoms with Crippen LogP contribution in [0.4, 0.5) is 10.7 Å². The van der Waals surface area contributed by atoms with Gasteiger partial charge in [-0.1, -0.05) is 6.07 Å². The molecule has 0 bridgehead atoms. The van der Waals surface area contributed by atoms with Crippen molar-refractivity contribution in [2.75, 3.05) is 26.0 Å². The molecule has 0 aliphatic carbocycles. The molecule has 35 heavy (non-hydrogen) atoms. The Labute approximate surface area is 201 Å². The molecule has 0 fully saturated rings. The molecule has 1 aromatic carbocycles. The summed E-state index contributed by atoms with van der Waals surface area (Å²) < 4.78 is 17.9. The second-order valence-electron chi connectivity index (χ2n) is 7.72. The van der Waals surface area contributed by atoms with E-state index in [4.69, 9.17) is 19.9 Å². The highest BCUT2D eigenvalue weighted by Gasteiger charge is 2.17. The average Bonchev–Trinajstić information content (AvgIpc) is 3.24. The third-order valence-corrected chi connectivity index (χ3v) is 4.82. The first-order valence-corrected chi connectivity index (χ1v) is 11.0. The van der Waals surface area contributed by atoms with Gasteiger partial charge in [0.05, 0.1) is 25.3 Å². The first-order chi connectivity index (χ1) is 17.0. The molecule has 4 aromatic rings. The van der Waals surface area contributed by atoms with Crippen LogP contribution in [0, 0.1) is 0 Å². The highest BCUT2D eigenvalue weighted by atomic mass is 16.6. The van der Waals surface area contributed by atoms with Crippen LogP contribution in [0.25, 0.3) is 28.2 Å². The number of anilines is 1. The highest BCUT2D eigenvalue weighted by molar-refractivity contribution is 5.88. The number of nitrogens with one attached hydrogen (secondary N) is 1. The van der Waals surface area contributed by atoms with Crippen molar-refractivity contribution in [2.24, 2.45) is 0 Å². The van der Waals surface area contributed by atoms with Crippen LogP contribution in [-0.4, -0.2) is 62.2 Å². The summed E-state index contributed by atoms with van der Waals surface area (Å²) in [6, 6.07) is 8.97. The molecule has 4 rings (SSSR count). The number of alkyl carbamates (subject to hydrolysis) is 1. The molecule has 182 valence electrons. The van der Waals surface area contributed by atoms with E-state index in [-0.39, 0.29) is 12.1 Å². The van der Waals surface area contributed by atoms with Gasteiger partial charge in [-0.05, 0) is 38.5 Å². The average molecular weight is 479 g/mol. The quantitative estimate of drug-likeness (QED) is 0.343. The number of carbonyl (C=O) groups excluding carboxylic acids is 1. The van der Waals surface area contributed by atoms with Gasteiger partial charge in [0.25, 0.3) is 0 Å². The zero-order chi connectivity index (χ0) is 24.8. The largest absolute Gasteiger partial charge is 0.493 e. The van der Waals surface area contributed by atoms with Gasteiger partial charge in [-0.15, -0.1) is 5.10 Å². The number of ether oxygens (including phenoxy) is 3. The van der Waals surface area contributed by atoms with Crippen molar-refractivity contribution in [1.29, 1.82) is 0 Å². The van der Waals surface area contributed by atoms with Crippen LogP contribution in [0.1, 0.15) is 20.3 Å². The number of hydrogen-bond donors (Lipinski definition) is 2. The summed E-state index contributed by atoms with van der Waals surface area (Å²) in [5.41, 5.74) is 7.37. The summed E-state index contributed by atoms with van der Waals surface area (Å²) in [5, 5.41) is 7.83. The molecular formula is C23H26N8O4. The first kappa shape index (κ1) is 23.7. The van der Waals surface area contributed by atoms with Crippen molar-refractivity contribution in [2.45, 2.75) is 26.4 Å². The van der Waals surface area contributed by atoms with E-state index in [1.807, 2.05) is 12.1 Å². The number of aromatic nitrogens is 6. The van der Waals surface area contributed by atoms with E-state index in [0.29, 0.717) is 59.3 Å². The number of rotatable bonds is 9. The van der Waals surface area contributed by atoms with Crippen molar-refractivity contribution in [3.05, 3.63) is 42.9 Å². The minimum atomic E-state index is -0.458. The SMILES string of the molecule is COc1cc2ncnc(-n3nc(-c4ccccn4)nc3N)c2cc1OCCCNC(=O)OC(C)C. The molecular weight excluding hydrogens is 452 g/mol. The third kappa shape index (κ3) is 5.54. The van der Waals surface area contributed by atoms with Gasteiger partial charge in [0, 0.05) is 24.2 Å². The van der Waals surface area contributed by atoms with E-state index in [9.17, 15) is 4.79 Å².